The molecule has 0 saturated carbocycles. The van der Waals surface area contributed by atoms with Crippen LogP contribution < -0.4 is 15.5 Å². The van der Waals surface area contributed by atoms with Crippen molar-refractivity contribution in [2.75, 3.05) is 22.5 Å². The first-order valence-corrected chi connectivity index (χ1v) is 11.4. The van der Waals surface area contributed by atoms with Crippen molar-refractivity contribution in [3.05, 3.63) is 29.8 Å². The van der Waals surface area contributed by atoms with Crippen molar-refractivity contribution in [3.63, 3.8) is 0 Å². The molecule has 1 aromatic heterocycles. The third kappa shape index (κ3) is 6.02. The van der Waals surface area contributed by atoms with Crippen LogP contribution in [0.4, 0.5) is 10.8 Å². The van der Waals surface area contributed by atoms with Crippen LogP contribution in [0.1, 0.15) is 32.8 Å². The molecule has 0 bridgehead atoms. The van der Waals surface area contributed by atoms with E-state index in [0.717, 1.165) is 11.3 Å². The summed E-state index contributed by atoms with van der Waals surface area (Å²) in [6, 6.07) is 7.66. The summed E-state index contributed by atoms with van der Waals surface area (Å²) in [7, 11) is 0. The molecule has 3 amide bonds. The van der Waals surface area contributed by atoms with Crippen LogP contribution in [0.5, 0.6) is 0 Å². The van der Waals surface area contributed by atoms with Gasteiger partial charge in [0, 0.05) is 24.2 Å². The highest BCUT2D eigenvalue weighted by Gasteiger charge is 2.35. The van der Waals surface area contributed by atoms with Gasteiger partial charge in [0.15, 0.2) is 4.34 Å². The molecule has 1 saturated heterocycles. The normalized spacial score (nSPS) is 16.6. The van der Waals surface area contributed by atoms with E-state index in [9.17, 15) is 14.4 Å². The summed E-state index contributed by atoms with van der Waals surface area (Å²) < 4.78 is 0.596. The lowest BCUT2D eigenvalue weighted by Crippen LogP contribution is -2.41. The monoisotopic (exact) mass is 447 g/mol. The number of hydrogen-bond acceptors (Lipinski definition) is 7. The van der Waals surface area contributed by atoms with Crippen LogP contribution in [0.15, 0.2) is 28.6 Å². The highest BCUT2D eigenvalue weighted by Crippen LogP contribution is 2.29. The lowest BCUT2D eigenvalue weighted by molar-refractivity contribution is -0.122. The van der Waals surface area contributed by atoms with Gasteiger partial charge in [-0.15, -0.1) is 10.2 Å². The molecule has 160 valence electrons. The van der Waals surface area contributed by atoms with Gasteiger partial charge >= 0.3 is 0 Å². The van der Waals surface area contributed by atoms with E-state index in [1.807, 2.05) is 52.0 Å². The number of aryl methyl sites for hydroxylation is 1. The maximum Gasteiger partial charge on any atom is 0.231 e. The largest absolute Gasteiger partial charge is 0.351 e. The van der Waals surface area contributed by atoms with E-state index < -0.39 is 5.92 Å². The molecule has 1 fully saturated rings. The van der Waals surface area contributed by atoms with Crippen molar-refractivity contribution in [3.8, 4) is 0 Å². The molecule has 1 aliphatic heterocycles. The molecule has 2 N–H and O–H groups in total. The maximum absolute atomic E-state index is 12.6. The van der Waals surface area contributed by atoms with Gasteiger partial charge < -0.3 is 15.5 Å². The van der Waals surface area contributed by atoms with Crippen molar-refractivity contribution < 1.29 is 14.4 Å². The zero-order valence-corrected chi connectivity index (χ0v) is 19.0. The Hall–Kier alpha value is -2.46. The van der Waals surface area contributed by atoms with Gasteiger partial charge in [-0.1, -0.05) is 35.2 Å². The molecule has 2 aromatic rings. The van der Waals surface area contributed by atoms with Crippen LogP contribution in [0.3, 0.4) is 0 Å². The molecule has 1 unspecified atom stereocenters. The molecule has 0 spiro atoms. The van der Waals surface area contributed by atoms with Crippen molar-refractivity contribution in [2.45, 2.75) is 44.0 Å². The van der Waals surface area contributed by atoms with Crippen molar-refractivity contribution >= 4 is 51.6 Å². The minimum absolute atomic E-state index is 0.0703. The number of nitrogens with one attached hydrogen (secondary N) is 2. The quantitative estimate of drug-likeness (QED) is 0.521. The Morgan fingerprint density at radius 2 is 2.07 bits per heavy atom. The Kier molecular flexibility index (Phi) is 6.77. The molecular formula is C20H25N5O3S2. The van der Waals surface area contributed by atoms with Crippen LogP contribution >= 0.6 is 23.1 Å². The highest BCUT2D eigenvalue weighted by molar-refractivity contribution is 8.01. The molecule has 1 aromatic carbocycles. The second-order valence-corrected chi connectivity index (χ2v) is 10.4. The number of aromatic nitrogens is 2. The molecule has 1 aliphatic rings. The first-order valence-electron chi connectivity index (χ1n) is 9.56. The SMILES string of the molecule is Cc1cccc(N2CC(C(=O)Nc3nnc(SCC(=O)NC(C)(C)C)s3)CC2=O)c1. The van der Waals surface area contributed by atoms with E-state index in [2.05, 4.69) is 20.8 Å². The molecule has 0 aliphatic carbocycles. The first kappa shape index (κ1) is 22.2. The zero-order valence-electron chi connectivity index (χ0n) is 17.4. The van der Waals surface area contributed by atoms with Crippen molar-refractivity contribution in [2.24, 2.45) is 5.92 Å². The summed E-state index contributed by atoms with van der Waals surface area (Å²) >= 11 is 2.48. The summed E-state index contributed by atoms with van der Waals surface area (Å²) in [6.07, 6.45) is 0.160. The summed E-state index contributed by atoms with van der Waals surface area (Å²) in [6.45, 7) is 8.06. The van der Waals surface area contributed by atoms with Crippen LogP contribution in [0.2, 0.25) is 0 Å². The number of nitrogens with zero attached hydrogens (tertiary/aromatic N) is 3. The Morgan fingerprint density at radius 1 is 1.30 bits per heavy atom. The average molecular weight is 448 g/mol. The van der Waals surface area contributed by atoms with Gasteiger partial charge in [0.05, 0.1) is 11.7 Å². The van der Waals surface area contributed by atoms with Crippen LogP contribution in [-0.2, 0) is 14.4 Å². The Bertz CT molecular complexity index is 954. The van der Waals surface area contributed by atoms with Crippen LogP contribution in [0.25, 0.3) is 0 Å². The minimum Gasteiger partial charge on any atom is -0.351 e. The standard InChI is InChI=1S/C20H25N5O3S2/c1-12-6-5-7-14(8-12)25-10-13(9-16(25)27)17(28)21-18-23-24-19(30-18)29-11-15(26)22-20(2,3)4/h5-8,13H,9-11H2,1-4H3,(H,22,26)(H,21,23,28). The van der Waals surface area contributed by atoms with Gasteiger partial charge in [0.25, 0.3) is 0 Å². The minimum atomic E-state index is -0.449. The maximum atomic E-state index is 12.6. The predicted octanol–water partition coefficient (Wildman–Crippen LogP) is 2.84. The number of thioether (sulfide) groups is 1. The molecule has 30 heavy (non-hydrogen) atoms. The molecule has 2 heterocycles. The number of carbonyl (C=O) groups excluding carboxylic acids is 3. The second-order valence-electron chi connectivity index (χ2n) is 8.19. The van der Waals surface area contributed by atoms with Crippen molar-refractivity contribution in [1.82, 2.24) is 15.5 Å². The summed E-state index contributed by atoms with van der Waals surface area (Å²) in [4.78, 5) is 38.6. The highest BCUT2D eigenvalue weighted by atomic mass is 32.2. The average Bonchev–Trinajstić information content (AvgIpc) is 3.25. The van der Waals surface area contributed by atoms with Crippen LogP contribution in [0, 0.1) is 12.8 Å². The third-order valence-corrected chi connectivity index (χ3v) is 6.26. The first-order chi connectivity index (χ1) is 14.1. The topological polar surface area (TPSA) is 104 Å². The molecular weight excluding hydrogens is 422 g/mol. The molecule has 1 atom stereocenters. The van der Waals surface area contributed by atoms with Crippen LogP contribution in [-0.4, -0.2) is 45.8 Å². The van der Waals surface area contributed by atoms with E-state index in [4.69, 9.17) is 0 Å². The summed E-state index contributed by atoms with van der Waals surface area (Å²) in [5, 5.41) is 14.0. The van der Waals surface area contributed by atoms with E-state index >= 15 is 0 Å². The molecule has 0 radical (unpaired) electrons. The molecule has 8 nitrogen and oxygen atoms in total. The fraction of sp³-hybridized carbons (Fsp3) is 0.450. The van der Waals surface area contributed by atoms with E-state index in [1.54, 1.807) is 4.90 Å². The van der Waals surface area contributed by atoms with E-state index in [0.29, 0.717) is 16.0 Å². The smallest absolute Gasteiger partial charge is 0.231 e. The number of amides is 3. The Morgan fingerprint density at radius 3 is 2.77 bits per heavy atom. The number of carbonyl (C=O) groups is 3. The summed E-state index contributed by atoms with van der Waals surface area (Å²) in [5.41, 5.74) is 1.57. The lowest BCUT2D eigenvalue weighted by atomic mass is 10.1. The van der Waals surface area contributed by atoms with Gasteiger partial charge in [-0.25, -0.2) is 0 Å². The lowest BCUT2D eigenvalue weighted by Gasteiger charge is -2.19. The molecule has 3 rings (SSSR count). The van der Waals surface area contributed by atoms with Gasteiger partial charge in [-0.2, -0.15) is 0 Å². The third-order valence-electron chi connectivity index (χ3n) is 4.29. The summed E-state index contributed by atoms with van der Waals surface area (Å²) in [5.74, 6) is -0.636. The molecule has 10 heteroatoms. The fourth-order valence-electron chi connectivity index (χ4n) is 3.04. The van der Waals surface area contributed by atoms with Gasteiger partial charge in [-0.05, 0) is 45.4 Å². The number of benzene rings is 1. The number of rotatable bonds is 6. The Balaban J connectivity index is 1.53. The van der Waals surface area contributed by atoms with Gasteiger partial charge in [0.2, 0.25) is 22.9 Å². The second kappa shape index (κ2) is 9.13. The Labute approximate surface area is 183 Å². The fourth-order valence-corrected chi connectivity index (χ4v) is 4.59. The van der Waals surface area contributed by atoms with Gasteiger partial charge in [0.1, 0.15) is 0 Å². The predicted molar refractivity (Wildman–Crippen MR) is 119 cm³/mol. The van der Waals surface area contributed by atoms with E-state index in [-0.39, 0.29) is 35.4 Å². The van der Waals surface area contributed by atoms with E-state index in [1.165, 1.54) is 23.1 Å². The number of hydrogen-bond donors (Lipinski definition) is 2. The number of anilines is 2. The van der Waals surface area contributed by atoms with Gasteiger partial charge in [-0.3, -0.25) is 14.4 Å². The van der Waals surface area contributed by atoms with Crippen molar-refractivity contribution in [1.29, 1.82) is 0 Å². The zero-order chi connectivity index (χ0) is 21.9.